The normalized spacial score (nSPS) is 11.1. The number of ether oxygens (including phenoxy) is 1. The molecule has 0 saturated carbocycles. The van der Waals surface area contributed by atoms with Crippen molar-refractivity contribution in [1.29, 1.82) is 5.26 Å². The lowest BCUT2D eigenvalue weighted by molar-refractivity contribution is -0.112. The average molecular weight is 537 g/mol. The van der Waals surface area contributed by atoms with Gasteiger partial charge in [-0.15, -0.1) is 11.3 Å². The summed E-state index contributed by atoms with van der Waals surface area (Å²) in [6, 6.07) is 19.5. The highest BCUT2D eigenvalue weighted by molar-refractivity contribution is 7.15. The highest BCUT2D eigenvalue weighted by atomic mass is 35.5. The van der Waals surface area contributed by atoms with Gasteiger partial charge in [0, 0.05) is 17.0 Å². The molecule has 36 heavy (non-hydrogen) atoms. The molecule has 0 aliphatic carbocycles. The number of esters is 1. The summed E-state index contributed by atoms with van der Waals surface area (Å²) in [5, 5.41) is 15.2. The number of carbonyl (C=O) groups is 2. The molecule has 0 saturated heterocycles. The van der Waals surface area contributed by atoms with Crippen LogP contribution in [0, 0.1) is 11.3 Å². The zero-order valence-electron chi connectivity index (χ0n) is 18.9. The van der Waals surface area contributed by atoms with Crippen molar-refractivity contribution in [1.82, 2.24) is 0 Å². The number of rotatable bonds is 7. The number of carbonyl (C=O) groups excluding carboxylic acids is 2. The van der Waals surface area contributed by atoms with E-state index in [-0.39, 0.29) is 28.5 Å². The van der Waals surface area contributed by atoms with E-state index in [0.717, 1.165) is 5.56 Å². The third-order valence-electron chi connectivity index (χ3n) is 5.07. The van der Waals surface area contributed by atoms with Gasteiger partial charge in [0.25, 0.3) is 5.91 Å². The fourth-order valence-electron chi connectivity index (χ4n) is 3.45. The Bertz CT molecular complexity index is 1480. The van der Waals surface area contributed by atoms with Gasteiger partial charge in [-0.25, -0.2) is 4.79 Å². The van der Waals surface area contributed by atoms with Crippen molar-refractivity contribution >= 4 is 57.5 Å². The van der Waals surface area contributed by atoms with Gasteiger partial charge in [-0.05, 0) is 36.8 Å². The number of thiophene rings is 1. The second-order valence-corrected chi connectivity index (χ2v) is 9.06. The molecular formula is C27H18Cl2N2O4S. The van der Waals surface area contributed by atoms with Gasteiger partial charge in [-0.3, -0.25) is 4.79 Å². The van der Waals surface area contributed by atoms with E-state index in [1.54, 1.807) is 42.6 Å². The number of halogens is 2. The summed E-state index contributed by atoms with van der Waals surface area (Å²) in [5.41, 5.74) is 1.95. The molecule has 0 bridgehead atoms. The molecule has 9 heteroatoms. The predicted molar refractivity (Wildman–Crippen MR) is 142 cm³/mol. The van der Waals surface area contributed by atoms with Crippen LogP contribution >= 0.6 is 34.5 Å². The molecule has 0 radical (unpaired) electrons. The lowest BCUT2D eigenvalue weighted by atomic mass is 10.0. The number of nitrogens with one attached hydrogen (secondary N) is 1. The number of hydrogen-bond acceptors (Lipinski definition) is 6. The summed E-state index contributed by atoms with van der Waals surface area (Å²) in [6.07, 6.45) is 1.30. The van der Waals surface area contributed by atoms with Crippen LogP contribution in [0.4, 0.5) is 5.00 Å². The van der Waals surface area contributed by atoms with E-state index in [0.29, 0.717) is 26.9 Å². The van der Waals surface area contributed by atoms with Gasteiger partial charge >= 0.3 is 5.97 Å². The lowest BCUT2D eigenvalue weighted by Crippen LogP contribution is -2.16. The molecule has 2 heterocycles. The van der Waals surface area contributed by atoms with Crippen molar-refractivity contribution in [2.24, 2.45) is 0 Å². The van der Waals surface area contributed by atoms with Crippen LogP contribution in [0.1, 0.15) is 23.0 Å². The molecule has 1 amide bonds. The summed E-state index contributed by atoms with van der Waals surface area (Å²) in [6.45, 7) is 1.88. The number of hydrogen-bond donors (Lipinski definition) is 1. The van der Waals surface area contributed by atoms with Gasteiger partial charge in [0.15, 0.2) is 0 Å². The van der Waals surface area contributed by atoms with Crippen LogP contribution in [0.3, 0.4) is 0 Å². The van der Waals surface area contributed by atoms with Crippen molar-refractivity contribution in [3.05, 3.63) is 93.0 Å². The molecule has 4 aromatic rings. The van der Waals surface area contributed by atoms with Crippen molar-refractivity contribution in [3.63, 3.8) is 0 Å². The molecule has 0 aliphatic heterocycles. The highest BCUT2D eigenvalue weighted by Crippen LogP contribution is 2.37. The topological polar surface area (TPSA) is 92.3 Å². The van der Waals surface area contributed by atoms with Crippen molar-refractivity contribution < 1.29 is 18.7 Å². The molecule has 0 unspecified atom stereocenters. The maximum Gasteiger partial charge on any atom is 0.341 e. The van der Waals surface area contributed by atoms with Gasteiger partial charge in [-0.2, -0.15) is 5.26 Å². The molecule has 2 aromatic heterocycles. The van der Waals surface area contributed by atoms with Gasteiger partial charge in [-0.1, -0.05) is 59.6 Å². The largest absolute Gasteiger partial charge is 0.462 e. The quantitative estimate of drug-likeness (QED) is 0.148. The zero-order chi connectivity index (χ0) is 25.7. The smallest absolute Gasteiger partial charge is 0.341 e. The molecule has 0 atom stereocenters. The molecule has 1 N–H and O–H groups in total. The zero-order valence-corrected chi connectivity index (χ0v) is 21.2. The second kappa shape index (κ2) is 11.3. The van der Waals surface area contributed by atoms with E-state index >= 15 is 0 Å². The fourth-order valence-corrected chi connectivity index (χ4v) is 4.98. The molecule has 180 valence electrons. The fraction of sp³-hybridized carbons (Fsp3) is 0.0741. The maximum atomic E-state index is 13.0. The third kappa shape index (κ3) is 5.37. The van der Waals surface area contributed by atoms with Crippen molar-refractivity contribution in [2.45, 2.75) is 6.92 Å². The molecular weight excluding hydrogens is 519 g/mol. The summed E-state index contributed by atoms with van der Waals surface area (Å²) in [5.74, 6) is -0.611. The van der Waals surface area contributed by atoms with Crippen LogP contribution in [0.5, 0.6) is 0 Å². The van der Waals surface area contributed by atoms with E-state index in [2.05, 4.69) is 5.32 Å². The summed E-state index contributed by atoms with van der Waals surface area (Å²) in [4.78, 5) is 25.7. The van der Waals surface area contributed by atoms with Crippen LogP contribution in [0.15, 0.2) is 76.0 Å². The average Bonchev–Trinajstić information content (AvgIpc) is 3.50. The van der Waals surface area contributed by atoms with Crippen molar-refractivity contribution in [2.75, 3.05) is 11.9 Å². The monoisotopic (exact) mass is 536 g/mol. The van der Waals surface area contributed by atoms with Crippen LogP contribution in [-0.4, -0.2) is 18.5 Å². The first kappa shape index (κ1) is 25.3. The number of amides is 1. The highest BCUT2D eigenvalue weighted by Gasteiger charge is 2.24. The Labute approximate surface area is 221 Å². The Morgan fingerprint density at radius 3 is 2.47 bits per heavy atom. The molecule has 6 nitrogen and oxygen atoms in total. The van der Waals surface area contributed by atoms with Crippen LogP contribution in [-0.2, 0) is 9.53 Å². The number of furan rings is 1. The third-order valence-corrected chi connectivity index (χ3v) is 6.60. The number of nitriles is 1. The molecule has 0 fully saturated rings. The van der Waals surface area contributed by atoms with E-state index in [1.165, 1.54) is 17.4 Å². The van der Waals surface area contributed by atoms with Gasteiger partial charge < -0.3 is 14.5 Å². The number of anilines is 1. The minimum atomic E-state index is -0.696. The summed E-state index contributed by atoms with van der Waals surface area (Å²) in [7, 11) is 0. The number of nitrogens with zero attached hydrogens (tertiary/aromatic N) is 1. The number of benzene rings is 2. The van der Waals surface area contributed by atoms with E-state index in [9.17, 15) is 14.9 Å². The maximum absolute atomic E-state index is 13.0. The lowest BCUT2D eigenvalue weighted by Gasteiger charge is -2.08. The first-order valence-corrected chi connectivity index (χ1v) is 12.4. The Hall–Kier alpha value is -3.83. The Morgan fingerprint density at radius 1 is 1.08 bits per heavy atom. The van der Waals surface area contributed by atoms with Crippen LogP contribution in [0.25, 0.3) is 28.5 Å². The predicted octanol–water partition coefficient (Wildman–Crippen LogP) is 7.70. The molecule has 0 aliphatic rings. The van der Waals surface area contributed by atoms with Gasteiger partial charge in [0.1, 0.15) is 33.7 Å². The first-order chi connectivity index (χ1) is 17.4. The van der Waals surface area contributed by atoms with Crippen molar-refractivity contribution in [3.8, 4) is 28.5 Å². The van der Waals surface area contributed by atoms with Gasteiger partial charge in [0.2, 0.25) is 0 Å². The Kier molecular flexibility index (Phi) is 7.91. The van der Waals surface area contributed by atoms with E-state index in [4.69, 9.17) is 32.4 Å². The van der Waals surface area contributed by atoms with Crippen LogP contribution < -0.4 is 5.32 Å². The minimum Gasteiger partial charge on any atom is -0.462 e. The molecule has 0 spiro atoms. The summed E-state index contributed by atoms with van der Waals surface area (Å²) >= 11 is 13.7. The first-order valence-electron chi connectivity index (χ1n) is 10.7. The van der Waals surface area contributed by atoms with E-state index in [1.807, 2.05) is 36.4 Å². The minimum absolute atomic E-state index is 0.177. The Morgan fingerprint density at radius 2 is 1.81 bits per heavy atom. The standard InChI is InChI=1S/C27H18Cl2N2O4S/c1-2-34-27(33)23-19(16-7-4-3-5-8-16)15-36-26(23)31-25(32)17(14-30)13-18-11-12-22(35-18)24-20(28)9-6-10-21(24)29/h3-13,15H,2H2,1H3,(H,31,32). The van der Waals surface area contributed by atoms with E-state index < -0.39 is 11.9 Å². The van der Waals surface area contributed by atoms with Gasteiger partial charge in [0.05, 0.1) is 22.2 Å². The SMILES string of the molecule is CCOC(=O)c1c(-c2ccccc2)csc1NC(=O)C(C#N)=Cc1ccc(-c2c(Cl)cccc2Cl)o1. The molecule has 4 rings (SSSR count). The van der Waals surface area contributed by atoms with Crippen LogP contribution in [0.2, 0.25) is 10.0 Å². The second-order valence-electron chi connectivity index (χ2n) is 7.36. The summed E-state index contributed by atoms with van der Waals surface area (Å²) < 4.78 is 11.0. The Balaban J connectivity index is 1.63. The molecule has 2 aromatic carbocycles.